The summed E-state index contributed by atoms with van der Waals surface area (Å²) in [4.78, 5) is 26.5. The Labute approximate surface area is 160 Å². The van der Waals surface area contributed by atoms with Gasteiger partial charge in [-0.25, -0.2) is 9.78 Å². The molecule has 2 saturated heterocycles. The largest absolute Gasteiger partial charge is 0.483 e. The van der Waals surface area contributed by atoms with Gasteiger partial charge in [0.2, 0.25) is 6.33 Å². The zero-order valence-corrected chi connectivity index (χ0v) is 15.6. The van der Waals surface area contributed by atoms with Crippen molar-refractivity contribution in [3.63, 3.8) is 0 Å². The monoisotopic (exact) mass is 396 g/mol. The van der Waals surface area contributed by atoms with E-state index in [1.54, 1.807) is 17.0 Å². The lowest BCUT2D eigenvalue weighted by atomic mass is 9.88. The Morgan fingerprint density at radius 2 is 2.00 bits per heavy atom. The van der Waals surface area contributed by atoms with Crippen molar-refractivity contribution in [1.29, 1.82) is 0 Å². The van der Waals surface area contributed by atoms with E-state index in [0.717, 1.165) is 12.8 Å². The summed E-state index contributed by atoms with van der Waals surface area (Å²) in [7, 11) is 2.19. The number of carbonyl (C=O) groups is 2. The summed E-state index contributed by atoms with van der Waals surface area (Å²) in [5, 5.41) is 6.89. The first-order valence-corrected chi connectivity index (χ1v) is 9.23. The summed E-state index contributed by atoms with van der Waals surface area (Å²) in [6.07, 6.45) is 6.75. The topological polar surface area (TPSA) is 85.9 Å². The smallest absolute Gasteiger partial charge is 0.387 e. The average Bonchev–Trinajstić information content (AvgIpc) is 3.12. The highest BCUT2D eigenvalue weighted by Crippen LogP contribution is 2.38. The maximum absolute atomic E-state index is 12.7. The van der Waals surface area contributed by atoms with E-state index in [1.165, 1.54) is 25.0 Å². The molecule has 0 spiro atoms. The molecule has 2 unspecified atom stereocenters. The van der Waals surface area contributed by atoms with Gasteiger partial charge in [0, 0.05) is 18.2 Å². The van der Waals surface area contributed by atoms with Gasteiger partial charge in [0.1, 0.15) is 5.75 Å². The number of nitrogens with zero attached hydrogens (tertiary/aromatic N) is 2. The van der Waals surface area contributed by atoms with Crippen molar-refractivity contribution in [3.8, 4) is 5.75 Å². The number of hydrogen-bond acceptors (Lipinski definition) is 4. The average molecular weight is 396 g/mol. The van der Waals surface area contributed by atoms with Crippen molar-refractivity contribution < 1.29 is 33.2 Å². The lowest BCUT2D eigenvalue weighted by Crippen LogP contribution is -2.40. The van der Waals surface area contributed by atoms with E-state index in [4.69, 9.17) is 9.90 Å². The number of piperidine rings is 1. The number of H-pyrrole nitrogens is 1. The molecule has 2 atom stereocenters. The van der Waals surface area contributed by atoms with Crippen LogP contribution < -0.4 is 9.72 Å². The van der Waals surface area contributed by atoms with E-state index >= 15 is 0 Å². The quantitative estimate of drug-likeness (QED) is 0.803. The van der Waals surface area contributed by atoms with E-state index in [9.17, 15) is 13.6 Å². The van der Waals surface area contributed by atoms with Crippen LogP contribution in [0.4, 0.5) is 8.78 Å². The number of alkyl halides is 2. The van der Waals surface area contributed by atoms with Gasteiger partial charge in [0.05, 0.1) is 6.42 Å². The number of fused-ring (bicyclic) bond motifs is 3. The highest BCUT2D eigenvalue weighted by Gasteiger charge is 2.39. The molecule has 9 heteroatoms. The summed E-state index contributed by atoms with van der Waals surface area (Å²) in [5.41, 5.74) is 1.29. The Hall–Kier alpha value is -2.55. The fourth-order valence-electron chi connectivity index (χ4n) is 4.46. The second kappa shape index (κ2) is 8.64. The fourth-order valence-corrected chi connectivity index (χ4v) is 4.46. The molecule has 7 nitrogen and oxygen atoms in total. The van der Waals surface area contributed by atoms with Crippen LogP contribution in [0.1, 0.15) is 36.9 Å². The minimum atomic E-state index is -2.86. The number of aromatic amines is 1. The molecule has 1 aromatic heterocycles. The number of ether oxygens (including phenoxy) is 1. The first-order chi connectivity index (χ1) is 13.4. The van der Waals surface area contributed by atoms with Crippen molar-refractivity contribution in [2.75, 3.05) is 7.05 Å². The number of benzene rings is 1. The summed E-state index contributed by atoms with van der Waals surface area (Å²) in [5.74, 6) is 0.540. The van der Waals surface area contributed by atoms with E-state index in [-0.39, 0.29) is 18.1 Å². The van der Waals surface area contributed by atoms with Gasteiger partial charge >= 0.3 is 12.5 Å². The Morgan fingerprint density at radius 3 is 2.61 bits per heavy atom. The van der Waals surface area contributed by atoms with E-state index < -0.39 is 6.61 Å². The predicted molar refractivity (Wildman–Crippen MR) is 96.4 cm³/mol. The number of carbonyl (C=O) groups excluding carboxylic acids is 1. The third-order valence-electron chi connectivity index (χ3n) is 5.73. The Morgan fingerprint density at radius 1 is 1.36 bits per heavy atom. The highest BCUT2D eigenvalue weighted by molar-refractivity contribution is 5.89. The normalized spacial score (nSPS) is 24.1. The number of carboxylic acid groups (broad SMARTS) is 1. The Kier molecular flexibility index (Phi) is 6.23. The molecule has 2 aliphatic rings. The molecule has 2 aromatic rings. The Balaban J connectivity index is 0.000000706. The van der Waals surface area contributed by atoms with E-state index in [0.29, 0.717) is 35.5 Å². The molecule has 1 aromatic carbocycles. The number of nitrogens with one attached hydrogen (secondary N) is 1. The molecule has 2 aliphatic heterocycles. The third kappa shape index (κ3) is 4.30. The third-order valence-corrected chi connectivity index (χ3v) is 5.73. The van der Waals surface area contributed by atoms with Gasteiger partial charge in [0.15, 0.2) is 11.0 Å². The second-order valence-corrected chi connectivity index (χ2v) is 7.29. The maximum atomic E-state index is 12.7. The van der Waals surface area contributed by atoms with Crippen molar-refractivity contribution in [3.05, 3.63) is 24.5 Å². The number of aromatic nitrogens is 2. The van der Waals surface area contributed by atoms with Crippen LogP contribution in [0.15, 0.2) is 24.5 Å². The van der Waals surface area contributed by atoms with Crippen LogP contribution in [0, 0.1) is 5.92 Å². The summed E-state index contributed by atoms with van der Waals surface area (Å²) in [6, 6.07) is 5.81. The number of halogens is 2. The zero-order valence-electron chi connectivity index (χ0n) is 15.6. The molecular formula is C19H24F2N3O4+. The number of imidazole rings is 1. The second-order valence-electron chi connectivity index (χ2n) is 7.29. The first-order valence-electron chi connectivity index (χ1n) is 9.23. The van der Waals surface area contributed by atoms with Crippen LogP contribution in [-0.2, 0) is 4.79 Å². The molecule has 2 fully saturated rings. The van der Waals surface area contributed by atoms with Gasteiger partial charge in [-0.15, -0.1) is 0 Å². The molecule has 28 heavy (non-hydrogen) atoms. The first kappa shape index (κ1) is 20.2. The molecular weight excluding hydrogens is 372 g/mol. The van der Waals surface area contributed by atoms with Crippen molar-refractivity contribution >= 4 is 23.4 Å². The molecule has 2 bridgehead atoms. The maximum Gasteiger partial charge on any atom is 0.387 e. The Bertz CT molecular complexity index is 828. The van der Waals surface area contributed by atoms with Crippen molar-refractivity contribution in [2.24, 2.45) is 5.92 Å². The molecule has 4 rings (SSSR count). The summed E-state index contributed by atoms with van der Waals surface area (Å²) in [6.45, 7) is -3.11. The predicted octanol–water partition coefficient (Wildman–Crippen LogP) is 2.66. The SMILES string of the molecule is CN1C2CCC1CC(CC(=O)n1c[nH+]c3cc(OC(F)F)ccc31)C2.O=CO. The van der Waals surface area contributed by atoms with Crippen LogP contribution in [-0.4, -0.2) is 52.7 Å². The minimum absolute atomic E-state index is 0.0442. The van der Waals surface area contributed by atoms with Crippen LogP contribution in [0.2, 0.25) is 0 Å². The molecule has 0 aliphatic carbocycles. The lowest BCUT2D eigenvalue weighted by Gasteiger charge is -2.35. The summed E-state index contributed by atoms with van der Waals surface area (Å²) < 4.78 is 30.6. The number of hydrogen-bond donors (Lipinski definition) is 1. The van der Waals surface area contributed by atoms with E-state index in [1.807, 2.05) is 0 Å². The van der Waals surface area contributed by atoms with Crippen LogP contribution >= 0.6 is 0 Å². The van der Waals surface area contributed by atoms with Gasteiger partial charge in [-0.2, -0.15) is 13.3 Å². The molecule has 0 radical (unpaired) electrons. The molecule has 152 valence electrons. The van der Waals surface area contributed by atoms with Gasteiger partial charge in [-0.1, -0.05) is 0 Å². The van der Waals surface area contributed by atoms with Crippen LogP contribution in [0.3, 0.4) is 0 Å². The van der Waals surface area contributed by atoms with E-state index in [2.05, 4.69) is 21.7 Å². The molecule has 3 heterocycles. The van der Waals surface area contributed by atoms with Crippen molar-refractivity contribution in [2.45, 2.75) is 50.8 Å². The minimum Gasteiger partial charge on any atom is -0.483 e. The molecule has 2 N–H and O–H groups in total. The molecule has 0 amide bonds. The highest BCUT2D eigenvalue weighted by atomic mass is 19.3. The van der Waals surface area contributed by atoms with Crippen LogP contribution in [0.25, 0.3) is 11.0 Å². The molecule has 0 saturated carbocycles. The fraction of sp³-hybridized carbons (Fsp3) is 0.526. The number of rotatable bonds is 4. The summed E-state index contributed by atoms with van der Waals surface area (Å²) >= 11 is 0. The van der Waals surface area contributed by atoms with Gasteiger partial charge in [-0.05, 0) is 50.8 Å². The van der Waals surface area contributed by atoms with Gasteiger partial charge < -0.3 is 14.7 Å². The van der Waals surface area contributed by atoms with Crippen molar-refractivity contribution in [1.82, 2.24) is 9.47 Å². The standard InChI is InChI=1S/C18H21F2N3O2.CH2O2/c1-22-12-2-3-13(22)7-11(6-12)8-17(24)23-10-21-15-9-14(25-18(19)20)4-5-16(15)23;2-1-3/h4-5,9-13,18H,2-3,6-8H2,1H3;1H,(H,2,3)/p+1. The zero-order chi connectivity index (χ0) is 20.3. The van der Waals surface area contributed by atoms with Gasteiger partial charge in [-0.3, -0.25) is 4.79 Å². The van der Waals surface area contributed by atoms with Crippen LogP contribution in [0.5, 0.6) is 5.75 Å². The van der Waals surface area contributed by atoms with Gasteiger partial charge in [0.25, 0.3) is 6.47 Å². The lowest BCUT2D eigenvalue weighted by molar-refractivity contribution is -0.345.